The Hall–Kier alpha value is -2.63. The number of benzene rings is 1. The standard InChI is InChI=1S/C21H26N4O2/c1-2-18-12-19(24-10-5-8-17(14-24)20(26)27)23-21(22-18)25-11-9-15-6-3-4-7-16(15)13-25/h3-4,6-7,12,17H,2,5,8-11,13-14H2,1H3,(H,26,27). The number of carbonyl (C=O) groups is 1. The van der Waals surface area contributed by atoms with Gasteiger partial charge in [0.2, 0.25) is 5.95 Å². The molecule has 0 radical (unpaired) electrons. The number of carboxylic acid groups (broad SMARTS) is 1. The van der Waals surface area contributed by atoms with Crippen LogP contribution in [0, 0.1) is 5.92 Å². The van der Waals surface area contributed by atoms with Gasteiger partial charge in [-0.3, -0.25) is 4.79 Å². The average Bonchev–Trinajstić information content (AvgIpc) is 2.73. The van der Waals surface area contributed by atoms with E-state index < -0.39 is 5.97 Å². The summed E-state index contributed by atoms with van der Waals surface area (Å²) in [7, 11) is 0. The van der Waals surface area contributed by atoms with E-state index in [0.717, 1.165) is 62.8 Å². The van der Waals surface area contributed by atoms with E-state index in [4.69, 9.17) is 9.97 Å². The predicted molar refractivity (Wildman–Crippen MR) is 105 cm³/mol. The molecule has 4 rings (SSSR count). The topological polar surface area (TPSA) is 69.6 Å². The first-order valence-electron chi connectivity index (χ1n) is 9.81. The minimum absolute atomic E-state index is 0.316. The Morgan fingerprint density at radius 1 is 1.19 bits per heavy atom. The fourth-order valence-corrected chi connectivity index (χ4v) is 4.01. The zero-order valence-corrected chi connectivity index (χ0v) is 15.8. The van der Waals surface area contributed by atoms with Gasteiger partial charge in [0.1, 0.15) is 5.82 Å². The number of aromatic nitrogens is 2. The van der Waals surface area contributed by atoms with Crippen LogP contribution in [0.5, 0.6) is 0 Å². The van der Waals surface area contributed by atoms with Gasteiger partial charge >= 0.3 is 5.97 Å². The van der Waals surface area contributed by atoms with Crippen LogP contribution in [0.25, 0.3) is 0 Å². The normalized spacial score (nSPS) is 19.7. The Kier molecular flexibility index (Phi) is 4.97. The quantitative estimate of drug-likeness (QED) is 0.897. The number of aryl methyl sites for hydroxylation is 1. The molecule has 0 saturated carbocycles. The Balaban J connectivity index is 1.61. The molecule has 1 saturated heterocycles. The van der Waals surface area contributed by atoms with Crippen LogP contribution in [0.1, 0.15) is 36.6 Å². The van der Waals surface area contributed by atoms with E-state index in [2.05, 4.69) is 41.0 Å². The summed E-state index contributed by atoms with van der Waals surface area (Å²) in [6.45, 7) is 5.20. The highest BCUT2D eigenvalue weighted by atomic mass is 16.4. The molecule has 0 aliphatic carbocycles. The zero-order chi connectivity index (χ0) is 18.8. The van der Waals surface area contributed by atoms with E-state index in [1.807, 2.05) is 6.07 Å². The van der Waals surface area contributed by atoms with E-state index in [9.17, 15) is 9.90 Å². The third-order valence-corrected chi connectivity index (χ3v) is 5.62. The summed E-state index contributed by atoms with van der Waals surface area (Å²) >= 11 is 0. The second-order valence-electron chi connectivity index (χ2n) is 7.43. The van der Waals surface area contributed by atoms with Crippen molar-refractivity contribution in [3.8, 4) is 0 Å². The van der Waals surface area contributed by atoms with Crippen LogP contribution in [0.3, 0.4) is 0 Å². The molecule has 0 amide bonds. The summed E-state index contributed by atoms with van der Waals surface area (Å²) in [5.74, 6) is 0.597. The summed E-state index contributed by atoms with van der Waals surface area (Å²) < 4.78 is 0. The maximum Gasteiger partial charge on any atom is 0.308 e. The molecule has 6 heteroatoms. The highest BCUT2D eigenvalue weighted by Gasteiger charge is 2.27. The van der Waals surface area contributed by atoms with Gasteiger partial charge < -0.3 is 14.9 Å². The number of hydrogen-bond donors (Lipinski definition) is 1. The van der Waals surface area contributed by atoms with Gasteiger partial charge in [-0.05, 0) is 36.8 Å². The van der Waals surface area contributed by atoms with Crippen molar-refractivity contribution in [1.82, 2.24) is 9.97 Å². The van der Waals surface area contributed by atoms with Crippen molar-refractivity contribution in [3.05, 3.63) is 47.2 Å². The molecule has 142 valence electrons. The Morgan fingerprint density at radius 2 is 2.00 bits per heavy atom. The van der Waals surface area contributed by atoms with E-state index in [1.54, 1.807) is 0 Å². The Bertz CT molecular complexity index is 839. The molecule has 1 aromatic carbocycles. The number of anilines is 2. The molecule has 2 aromatic rings. The lowest BCUT2D eigenvalue weighted by Crippen LogP contribution is -2.39. The lowest BCUT2D eigenvalue weighted by atomic mass is 9.98. The van der Waals surface area contributed by atoms with Crippen LogP contribution < -0.4 is 9.80 Å². The maximum absolute atomic E-state index is 11.4. The van der Waals surface area contributed by atoms with E-state index >= 15 is 0 Å². The first kappa shape index (κ1) is 17.8. The SMILES string of the molecule is CCc1cc(N2CCCC(C(=O)O)C2)nc(N2CCc3ccccc3C2)n1. The third-order valence-electron chi connectivity index (χ3n) is 5.62. The van der Waals surface area contributed by atoms with Gasteiger partial charge in [-0.2, -0.15) is 4.98 Å². The van der Waals surface area contributed by atoms with Gasteiger partial charge in [0.15, 0.2) is 0 Å². The number of carboxylic acids is 1. The second kappa shape index (κ2) is 7.55. The molecular formula is C21H26N4O2. The highest BCUT2D eigenvalue weighted by molar-refractivity contribution is 5.71. The first-order valence-corrected chi connectivity index (χ1v) is 9.81. The fourth-order valence-electron chi connectivity index (χ4n) is 4.01. The number of hydrogen-bond acceptors (Lipinski definition) is 5. The molecule has 1 aromatic heterocycles. The monoisotopic (exact) mass is 366 g/mol. The van der Waals surface area contributed by atoms with Crippen molar-refractivity contribution in [2.24, 2.45) is 5.92 Å². The van der Waals surface area contributed by atoms with E-state index in [-0.39, 0.29) is 5.92 Å². The first-order chi connectivity index (χ1) is 13.1. The largest absolute Gasteiger partial charge is 0.481 e. The molecule has 1 fully saturated rings. The number of rotatable bonds is 4. The van der Waals surface area contributed by atoms with Crippen molar-refractivity contribution >= 4 is 17.7 Å². The lowest BCUT2D eigenvalue weighted by molar-refractivity contribution is -0.141. The van der Waals surface area contributed by atoms with E-state index in [1.165, 1.54) is 11.1 Å². The molecule has 1 atom stereocenters. The molecule has 6 nitrogen and oxygen atoms in total. The van der Waals surface area contributed by atoms with E-state index in [0.29, 0.717) is 6.54 Å². The molecular weight excluding hydrogens is 340 g/mol. The Morgan fingerprint density at radius 3 is 2.78 bits per heavy atom. The molecule has 0 spiro atoms. The van der Waals surface area contributed by atoms with Gasteiger partial charge in [0, 0.05) is 37.9 Å². The molecule has 3 heterocycles. The van der Waals surface area contributed by atoms with Gasteiger partial charge in [-0.1, -0.05) is 31.2 Å². The number of fused-ring (bicyclic) bond motifs is 1. The zero-order valence-electron chi connectivity index (χ0n) is 15.8. The lowest BCUT2D eigenvalue weighted by Gasteiger charge is -2.33. The van der Waals surface area contributed by atoms with Crippen molar-refractivity contribution in [2.75, 3.05) is 29.4 Å². The maximum atomic E-state index is 11.4. The highest BCUT2D eigenvalue weighted by Crippen LogP contribution is 2.27. The van der Waals surface area contributed by atoms with Crippen LogP contribution in [-0.2, 0) is 24.2 Å². The Labute approximate surface area is 159 Å². The van der Waals surface area contributed by atoms with Crippen molar-refractivity contribution in [1.29, 1.82) is 0 Å². The second-order valence-corrected chi connectivity index (χ2v) is 7.43. The number of aliphatic carboxylic acids is 1. The predicted octanol–water partition coefficient (Wildman–Crippen LogP) is 2.90. The molecule has 2 aliphatic rings. The minimum Gasteiger partial charge on any atom is -0.481 e. The van der Waals surface area contributed by atoms with Crippen molar-refractivity contribution in [2.45, 2.75) is 39.2 Å². The minimum atomic E-state index is -0.711. The van der Waals surface area contributed by atoms with Crippen molar-refractivity contribution < 1.29 is 9.90 Å². The smallest absolute Gasteiger partial charge is 0.308 e. The summed E-state index contributed by atoms with van der Waals surface area (Å²) in [5.41, 5.74) is 3.74. The van der Waals surface area contributed by atoms with Crippen LogP contribution in [-0.4, -0.2) is 40.7 Å². The molecule has 1 N–H and O–H groups in total. The summed E-state index contributed by atoms with van der Waals surface area (Å²) in [4.78, 5) is 25.4. The molecule has 2 aliphatic heterocycles. The summed E-state index contributed by atoms with van der Waals surface area (Å²) in [6.07, 6.45) is 3.46. The molecule has 0 bridgehead atoms. The van der Waals surface area contributed by atoms with Crippen molar-refractivity contribution in [3.63, 3.8) is 0 Å². The van der Waals surface area contributed by atoms with Gasteiger partial charge in [0.05, 0.1) is 5.92 Å². The third kappa shape index (κ3) is 3.75. The number of piperidine rings is 1. The summed E-state index contributed by atoms with van der Waals surface area (Å²) in [5, 5.41) is 9.39. The fraction of sp³-hybridized carbons (Fsp3) is 0.476. The van der Waals surface area contributed by atoms with Crippen LogP contribution in [0.15, 0.2) is 30.3 Å². The van der Waals surface area contributed by atoms with Crippen LogP contribution in [0.2, 0.25) is 0 Å². The summed E-state index contributed by atoms with van der Waals surface area (Å²) in [6, 6.07) is 10.6. The van der Waals surface area contributed by atoms with Gasteiger partial charge in [-0.15, -0.1) is 0 Å². The van der Waals surface area contributed by atoms with Crippen LogP contribution >= 0.6 is 0 Å². The van der Waals surface area contributed by atoms with Gasteiger partial charge in [-0.25, -0.2) is 4.98 Å². The molecule has 27 heavy (non-hydrogen) atoms. The average molecular weight is 366 g/mol. The number of nitrogens with zero attached hydrogens (tertiary/aromatic N) is 4. The molecule has 1 unspecified atom stereocenters. The van der Waals surface area contributed by atoms with Crippen LogP contribution in [0.4, 0.5) is 11.8 Å². The van der Waals surface area contributed by atoms with Gasteiger partial charge in [0.25, 0.3) is 0 Å².